The normalized spacial score (nSPS) is 50.8. The van der Waals surface area contributed by atoms with Gasteiger partial charge in [-0.1, -0.05) is 26.0 Å². The quantitative estimate of drug-likeness (QED) is 0.699. The highest BCUT2D eigenvalue weighted by molar-refractivity contribution is 5.21. The molecule has 23 heavy (non-hydrogen) atoms. The van der Waals surface area contributed by atoms with Crippen LogP contribution in [0.25, 0.3) is 0 Å². The monoisotopic (exact) mass is 322 g/mol. The number of hydrogen-bond donors (Lipinski definition) is 3. The highest BCUT2D eigenvalue weighted by atomic mass is 16.3. The lowest BCUT2D eigenvalue weighted by molar-refractivity contribution is -0.121. The van der Waals surface area contributed by atoms with E-state index in [4.69, 9.17) is 0 Å². The zero-order valence-electron chi connectivity index (χ0n) is 14.8. The third-order valence-corrected chi connectivity index (χ3v) is 8.01. The first kappa shape index (κ1) is 17.4. The molecule has 0 heterocycles. The maximum absolute atomic E-state index is 11.2. The molecule has 0 aliphatic heterocycles. The van der Waals surface area contributed by atoms with E-state index in [-0.39, 0.29) is 35.6 Å². The molecule has 7 atom stereocenters. The summed E-state index contributed by atoms with van der Waals surface area (Å²) in [5, 5.41) is 30.8. The van der Waals surface area contributed by atoms with Gasteiger partial charge in [-0.25, -0.2) is 0 Å². The van der Waals surface area contributed by atoms with Crippen molar-refractivity contribution in [1.29, 1.82) is 0 Å². The number of fused-ring (bicyclic) bond motifs is 1. The maximum atomic E-state index is 11.2. The molecular formula is C20H34O3. The minimum absolute atomic E-state index is 0.0344. The average Bonchev–Trinajstić information content (AvgIpc) is 2.80. The predicted molar refractivity (Wildman–Crippen MR) is 91.9 cm³/mol. The third kappa shape index (κ3) is 2.69. The average molecular weight is 322 g/mol. The van der Waals surface area contributed by atoms with Gasteiger partial charge in [0.1, 0.15) is 0 Å². The fourth-order valence-corrected chi connectivity index (χ4v) is 6.22. The van der Waals surface area contributed by atoms with Crippen LogP contribution in [-0.4, -0.2) is 34.1 Å². The van der Waals surface area contributed by atoms with Crippen molar-refractivity contribution >= 4 is 0 Å². The molecule has 3 heteroatoms. The Kier molecular flexibility index (Phi) is 4.67. The molecule has 0 saturated heterocycles. The molecule has 0 aromatic heterocycles. The predicted octanol–water partition coefficient (Wildman–Crippen LogP) is 3.28. The van der Waals surface area contributed by atoms with Crippen molar-refractivity contribution < 1.29 is 15.3 Å². The van der Waals surface area contributed by atoms with E-state index in [2.05, 4.69) is 20.4 Å². The Hall–Kier alpha value is -0.380. The van der Waals surface area contributed by atoms with Gasteiger partial charge in [0.15, 0.2) is 0 Å². The lowest BCUT2D eigenvalue weighted by Gasteiger charge is -2.55. The second kappa shape index (κ2) is 6.16. The van der Waals surface area contributed by atoms with Gasteiger partial charge >= 0.3 is 0 Å². The second-order valence-corrected chi connectivity index (χ2v) is 8.95. The van der Waals surface area contributed by atoms with E-state index in [1.165, 1.54) is 5.57 Å². The molecule has 0 amide bonds. The molecule has 3 rings (SSSR count). The Morgan fingerprint density at radius 1 is 1.09 bits per heavy atom. The van der Waals surface area contributed by atoms with Crippen LogP contribution in [-0.2, 0) is 0 Å². The van der Waals surface area contributed by atoms with Crippen LogP contribution < -0.4 is 0 Å². The van der Waals surface area contributed by atoms with Gasteiger partial charge in [0, 0.05) is 6.61 Å². The second-order valence-electron chi connectivity index (χ2n) is 8.95. The number of hydrogen-bond acceptors (Lipinski definition) is 3. The molecule has 0 aromatic carbocycles. The van der Waals surface area contributed by atoms with Gasteiger partial charge in [-0.3, -0.25) is 0 Å². The van der Waals surface area contributed by atoms with Crippen LogP contribution in [0.5, 0.6) is 0 Å². The minimum atomic E-state index is -0.269. The van der Waals surface area contributed by atoms with Crippen LogP contribution in [0.4, 0.5) is 0 Å². The summed E-state index contributed by atoms with van der Waals surface area (Å²) in [6, 6.07) is 0. The molecule has 3 fully saturated rings. The smallest absolute Gasteiger partial charge is 0.0610 e. The molecule has 3 nitrogen and oxygen atoms in total. The zero-order valence-corrected chi connectivity index (χ0v) is 14.8. The molecule has 0 radical (unpaired) electrons. The third-order valence-electron chi connectivity index (χ3n) is 8.01. The number of allylic oxidation sites excluding steroid dienone is 1. The summed E-state index contributed by atoms with van der Waals surface area (Å²) in [5.74, 6) is 0.938. The molecular weight excluding hydrogens is 288 g/mol. The van der Waals surface area contributed by atoms with Crippen LogP contribution in [0.3, 0.4) is 0 Å². The standard InChI is InChI=1S/C20H34O3/c1-13-4-5-16-18(23)17(7-10-19(13,16)2)20(3)9-6-15(22)12-14(20)8-11-21/h14-18,21-23H,1,4-12H2,2-3H3/t14-,15?,16?,17?,18-,19+,20-/m0/s1. The summed E-state index contributed by atoms with van der Waals surface area (Å²) >= 11 is 0. The number of rotatable bonds is 3. The van der Waals surface area contributed by atoms with Gasteiger partial charge in [0.2, 0.25) is 0 Å². The van der Waals surface area contributed by atoms with Crippen LogP contribution in [0.2, 0.25) is 0 Å². The molecule has 0 aromatic rings. The first-order valence-electron chi connectivity index (χ1n) is 9.48. The summed E-state index contributed by atoms with van der Waals surface area (Å²) in [4.78, 5) is 0. The van der Waals surface area contributed by atoms with Crippen molar-refractivity contribution in [3.63, 3.8) is 0 Å². The maximum Gasteiger partial charge on any atom is 0.0610 e. The largest absolute Gasteiger partial charge is 0.396 e. The summed E-state index contributed by atoms with van der Waals surface area (Å²) in [6.07, 6.45) is 7.09. The SMILES string of the molecule is C=C1CCC2[C@H](O)C([C@@]3(C)CCC(O)C[C@@H]3CCO)CC[C@]12C. The molecule has 3 N–H and O–H groups in total. The van der Waals surface area contributed by atoms with Gasteiger partial charge in [-0.2, -0.15) is 0 Å². The van der Waals surface area contributed by atoms with Crippen LogP contribution in [0.15, 0.2) is 12.2 Å². The minimum Gasteiger partial charge on any atom is -0.396 e. The number of aliphatic hydroxyl groups is 3. The Labute approximate surface area is 140 Å². The van der Waals surface area contributed by atoms with E-state index in [0.717, 1.165) is 51.4 Å². The van der Waals surface area contributed by atoms with Gasteiger partial charge in [-0.15, -0.1) is 0 Å². The summed E-state index contributed by atoms with van der Waals surface area (Å²) in [7, 11) is 0. The van der Waals surface area contributed by atoms with E-state index >= 15 is 0 Å². The van der Waals surface area contributed by atoms with Crippen molar-refractivity contribution in [2.24, 2.45) is 28.6 Å². The summed E-state index contributed by atoms with van der Waals surface area (Å²) < 4.78 is 0. The molecule has 0 bridgehead atoms. The van der Waals surface area contributed by atoms with Gasteiger partial charge < -0.3 is 15.3 Å². The van der Waals surface area contributed by atoms with Crippen molar-refractivity contribution in [1.82, 2.24) is 0 Å². The van der Waals surface area contributed by atoms with Crippen molar-refractivity contribution in [3.8, 4) is 0 Å². The number of aliphatic hydroxyl groups excluding tert-OH is 3. The Morgan fingerprint density at radius 2 is 1.83 bits per heavy atom. The van der Waals surface area contributed by atoms with Gasteiger partial charge in [0.25, 0.3) is 0 Å². The molecule has 3 aliphatic rings. The molecule has 132 valence electrons. The molecule has 3 unspecified atom stereocenters. The molecule has 0 spiro atoms. The van der Waals surface area contributed by atoms with Crippen LogP contribution in [0, 0.1) is 28.6 Å². The van der Waals surface area contributed by atoms with Crippen molar-refractivity contribution in [3.05, 3.63) is 12.2 Å². The highest BCUT2D eigenvalue weighted by Gasteiger charge is 2.56. The Morgan fingerprint density at radius 3 is 2.52 bits per heavy atom. The summed E-state index contributed by atoms with van der Waals surface area (Å²) in [6.45, 7) is 9.05. The van der Waals surface area contributed by atoms with E-state index in [0.29, 0.717) is 11.8 Å². The summed E-state index contributed by atoms with van der Waals surface area (Å²) in [5.41, 5.74) is 1.48. The fourth-order valence-electron chi connectivity index (χ4n) is 6.22. The van der Waals surface area contributed by atoms with Crippen molar-refractivity contribution in [2.45, 2.75) is 77.4 Å². The van der Waals surface area contributed by atoms with Crippen LogP contribution in [0.1, 0.15) is 65.2 Å². The van der Waals surface area contributed by atoms with E-state index in [1.54, 1.807) is 0 Å². The molecule has 3 aliphatic carbocycles. The topological polar surface area (TPSA) is 60.7 Å². The lowest BCUT2D eigenvalue weighted by Crippen LogP contribution is -2.52. The van der Waals surface area contributed by atoms with Gasteiger partial charge in [-0.05, 0) is 80.0 Å². The first-order chi connectivity index (χ1) is 10.8. The Balaban J connectivity index is 1.84. The lowest BCUT2D eigenvalue weighted by atomic mass is 9.51. The van der Waals surface area contributed by atoms with Crippen LogP contribution >= 0.6 is 0 Å². The van der Waals surface area contributed by atoms with Gasteiger partial charge in [0.05, 0.1) is 12.2 Å². The van der Waals surface area contributed by atoms with E-state index in [9.17, 15) is 15.3 Å². The van der Waals surface area contributed by atoms with E-state index in [1.807, 2.05) is 0 Å². The van der Waals surface area contributed by atoms with E-state index < -0.39 is 0 Å². The first-order valence-corrected chi connectivity index (χ1v) is 9.48. The highest BCUT2D eigenvalue weighted by Crippen LogP contribution is 2.61. The molecule has 3 saturated carbocycles. The zero-order chi connectivity index (χ0) is 16.8. The van der Waals surface area contributed by atoms with Crippen molar-refractivity contribution in [2.75, 3.05) is 6.61 Å². The Bertz CT molecular complexity index is 462. The fraction of sp³-hybridized carbons (Fsp3) is 0.900.